The SMILES string of the molecule is CN1CC2(CCN(Cc3ccc(Oc4ccccc4)cc3)CC2)CC1=O. The van der Waals surface area contributed by atoms with Gasteiger partial charge in [0, 0.05) is 26.6 Å². The molecule has 0 aliphatic carbocycles. The van der Waals surface area contributed by atoms with Crippen LogP contribution in [0.25, 0.3) is 0 Å². The summed E-state index contributed by atoms with van der Waals surface area (Å²) in [6, 6.07) is 18.2. The Morgan fingerprint density at radius 2 is 1.62 bits per heavy atom. The van der Waals surface area contributed by atoms with E-state index in [0.29, 0.717) is 5.91 Å². The Balaban J connectivity index is 1.31. The lowest BCUT2D eigenvalue weighted by Crippen LogP contribution is -2.40. The molecule has 4 heteroatoms. The van der Waals surface area contributed by atoms with Crippen LogP contribution in [0, 0.1) is 5.41 Å². The van der Waals surface area contributed by atoms with Gasteiger partial charge in [-0.25, -0.2) is 0 Å². The number of likely N-dealkylation sites (tertiary alicyclic amines) is 2. The quantitative estimate of drug-likeness (QED) is 0.838. The Bertz CT molecular complexity index is 749. The fourth-order valence-corrected chi connectivity index (χ4v) is 4.17. The largest absolute Gasteiger partial charge is 0.457 e. The first-order valence-corrected chi connectivity index (χ1v) is 9.40. The molecule has 2 aliphatic heterocycles. The zero-order chi connectivity index (χ0) is 18.0. The van der Waals surface area contributed by atoms with Gasteiger partial charge in [0.25, 0.3) is 0 Å². The number of hydrogen-bond donors (Lipinski definition) is 0. The number of ether oxygens (including phenoxy) is 1. The van der Waals surface area contributed by atoms with E-state index in [-0.39, 0.29) is 5.41 Å². The molecular formula is C22H26N2O2. The van der Waals surface area contributed by atoms with Crippen LogP contribution in [0.1, 0.15) is 24.8 Å². The van der Waals surface area contributed by atoms with Crippen molar-refractivity contribution in [3.63, 3.8) is 0 Å². The van der Waals surface area contributed by atoms with E-state index in [1.165, 1.54) is 5.56 Å². The topological polar surface area (TPSA) is 32.8 Å². The molecule has 4 rings (SSSR count). The van der Waals surface area contributed by atoms with Gasteiger partial charge in [0.05, 0.1) is 0 Å². The average Bonchev–Trinajstić information content (AvgIpc) is 2.93. The van der Waals surface area contributed by atoms with Crippen LogP contribution in [0.3, 0.4) is 0 Å². The maximum Gasteiger partial charge on any atom is 0.222 e. The van der Waals surface area contributed by atoms with Crippen molar-refractivity contribution in [3.05, 3.63) is 60.2 Å². The smallest absolute Gasteiger partial charge is 0.222 e. The van der Waals surface area contributed by atoms with Crippen LogP contribution in [0.15, 0.2) is 54.6 Å². The molecule has 0 N–H and O–H groups in total. The van der Waals surface area contributed by atoms with Crippen LogP contribution in [0.2, 0.25) is 0 Å². The highest BCUT2D eigenvalue weighted by molar-refractivity contribution is 5.79. The normalized spacial score (nSPS) is 19.9. The van der Waals surface area contributed by atoms with E-state index in [1.807, 2.05) is 54.4 Å². The van der Waals surface area contributed by atoms with E-state index in [2.05, 4.69) is 17.0 Å². The van der Waals surface area contributed by atoms with Crippen molar-refractivity contribution >= 4 is 5.91 Å². The van der Waals surface area contributed by atoms with Gasteiger partial charge in [0.1, 0.15) is 11.5 Å². The second-order valence-corrected chi connectivity index (χ2v) is 7.76. The molecule has 26 heavy (non-hydrogen) atoms. The molecule has 0 aromatic heterocycles. The van der Waals surface area contributed by atoms with E-state index in [0.717, 1.165) is 56.9 Å². The molecule has 0 radical (unpaired) electrons. The Hall–Kier alpha value is -2.33. The standard InChI is InChI=1S/C22H26N2O2/c1-23-17-22(15-21(23)25)11-13-24(14-12-22)16-18-7-9-20(10-8-18)26-19-5-3-2-4-6-19/h2-10H,11-17H2,1H3. The summed E-state index contributed by atoms with van der Waals surface area (Å²) >= 11 is 0. The minimum atomic E-state index is 0.232. The zero-order valence-corrected chi connectivity index (χ0v) is 15.4. The number of hydrogen-bond acceptors (Lipinski definition) is 3. The first-order valence-electron chi connectivity index (χ1n) is 9.40. The second-order valence-electron chi connectivity index (χ2n) is 7.76. The van der Waals surface area contributed by atoms with Crippen LogP contribution in [-0.4, -0.2) is 42.4 Å². The van der Waals surface area contributed by atoms with Crippen molar-refractivity contribution in [1.29, 1.82) is 0 Å². The summed E-state index contributed by atoms with van der Waals surface area (Å²) in [6.07, 6.45) is 2.99. The van der Waals surface area contributed by atoms with Crippen molar-refractivity contribution in [2.75, 3.05) is 26.7 Å². The molecule has 1 amide bonds. The van der Waals surface area contributed by atoms with Crippen LogP contribution >= 0.6 is 0 Å². The fourth-order valence-electron chi connectivity index (χ4n) is 4.17. The molecular weight excluding hydrogens is 324 g/mol. The van der Waals surface area contributed by atoms with Gasteiger partial charge in [0.2, 0.25) is 5.91 Å². The van der Waals surface area contributed by atoms with E-state index < -0.39 is 0 Å². The van der Waals surface area contributed by atoms with Crippen LogP contribution in [-0.2, 0) is 11.3 Å². The maximum absolute atomic E-state index is 11.9. The molecule has 2 fully saturated rings. The van der Waals surface area contributed by atoms with Crippen molar-refractivity contribution in [2.24, 2.45) is 5.41 Å². The highest BCUT2D eigenvalue weighted by atomic mass is 16.5. The van der Waals surface area contributed by atoms with Gasteiger partial charge in [-0.15, -0.1) is 0 Å². The van der Waals surface area contributed by atoms with Gasteiger partial charge >= 0.3 is 0 Å². The molecule has 0 bridgehead atoms. The number of nitrogens with zero attached hydrogens (tertiary/aromatic N) is 2. The zero-order valence-electron chi connectivity index (χ0n) is 15.4. The predicted octanol–water partition coefficient (Wildman–Crippen LogP) is 3.92. The lowest BCUT2D eigenvalue weighted by molar-refractivity contribution is -0.126. The second kappa shape index (κ2) is 7.12. The number of rotatable bonds is 4. The summed E-state index contributed by atoms with van der Waals surface area (Å²) < 4.78 is 5.86. The summed E-state index contributed by atoms with van der Waals surface area (Å²) in [5.74, 6) is 2.04. The molecule has 0 saturated carbocycles. The number of para-hydroxylation sites is 1. The Morgan fingerprint density at radius 1 is 0.962 bits per heavy atom. The molecule has 0 unspecified atom stereocenters. The summed E-state index contributed by atoms with van der Waals surface area (Å²) in [7, 11) is 1.93. The highest BCUT2D eigenvalue weighted by Gasteiger charge is 2.43. The number of amides is 1. The molecule has 4 nitrogen and oxygen atoms in total. The molecule has 2 aromatic rings. The van der Waals surface area contributed by atoms with E-state index in [1.54, 1.807) is 0 Å². The number of benzene rings is 2. The molecule has 2 saturated heterocycles. The first kappa shape index (κ1) is 17.1. The summed E-state index contributed by atoms with van der Waals surface area (Å²) in [5.41, 5.74) is 1.54. The minimum absolute atomic E-state index is 0.232. The molecule has 2 aliphatic rings. The van der Waals surface area contributed by atoms with Crippen LogP contribution in [0.5, 0.6) is 11.5 Å². The molecule has 136 valence electrons. The Labute approximate surface area is 155 Å². The summed E-state index contributed by atoms with van der Waals surface area (Å²) in [6.45, 7) is 4.05. The summed E-state index contributed by atoms with van der Waals surface area (Å²) in [5, 5.41) is 0. The van der Waals surface area contributed by atoms with E-state index in [9.17, 15) is 4.79 Å². The van der Waals surface area contributed by atoms with Crippen molar-refractivity contribution in [2.45, 2.75) is 25.8 Å². The maximum atomic E-state index is 11.9. The van der Waals surface area contributed by atoms with Crippen molar-refractivity contribution < 1.29 is 9.53 Å². The van der Waals surface area contributed by atoms with Gasteiger partial charge in [-0.2, -0.15) is 0 Å². The number of carbonyl (C=O) groups excluding carboxylic acids is 1. The molecule has 2 heterocycles. The van der Waals surface area contributed by atoms with Gasteiger partial charge in [-0.1, -0.05) is 30.3 Å². The number of carbonyl (C=O) groups is 1. The predicted molar refractivity (Wildman–Crippen MR) is 102 cm³/mol. The summed E-state index contributed by atoms with van der Waals surface area (Å²) in [4.78, 5) is 16.3. The van der Waals surface area contributed by atoms with Gasteiger partial charge in [0.15, 0.2) is 0 Å². The highest BCUT2D eigenvalue weighted by Crippen LogP contribution is 2.40. The minimum Gasteiger partial charge on any atom is -0.457 e. The lowest BCUT2D eigenvalue weighted by atomic mass is 9.77. The molecule has 0 atom stereocenters. The third-order valence-corrected chi connectivity index (χ3v) is 5.75. The lowest BCUT2D eigenvalue weighted by Gasteiger charge is -2.38. The van der Waals surface area contributed by atoms with E-state index >= 15 is 0 Å². The van der Waals surface area contributed by atoms with Gasteiger partial charge in [-0.3, -0.25) is 9.69 Å². The van der Waals surface area contributed by atoms with Crippen LogP contribution < -0.4 is 4.74 Å². The fraction of sp³-hybridized carbons (Fsp3) is 0.409. The third-order valence-electron chi connectivity index (χ3n) is 5.75. The average molecular weight is 350 g/mol. The van der Waals surface area contributed by atoms with Crippen LogP contribution in [0.4, 0.5) is 0 Å². The monoisotopic (exact) mass is 350 g/mol. The Kier molecular flexibility index (Phi) is 4.68. The first-order chi connectivity index (χ1) is 12.6. The Morgan fingerprint density at radius 3 is 2.23 bits per heavy atom. The molecule has 1 spiro atoms. The third kappa shape index (κ3) is 3.75. The van der Waals surface area contributed by atoms with Crippen molar-refractivity contribution in [1.82, 2.24) is 9.80 Å². The number of piperidine rings is 1. The molecule has 2 aromatic carbocycles. The van der Waals surface area contributed by atoms with Crippen molar-refractivity contribution in [3.8, 4) is 11.5 Å². The van der Waals surface area contributed by atoms with Gasteiger partial charge < -0.3 is 9.64 Å². The van der Waals surface area contributed by atoms with E-state index in [4.69, 9.17) is 4.74 Å². The van der Waals surface area contributed by atoms with Gasteiger partial charge in [-0.05, 0) is 61.2 Å².